The Hall–Kier alpha value is -1.66. The highest BCUT2D eigenvalue weighted by Gasteiger charge is 2.18. The van der Waals surface area contributed by atoms with Crippen LogP contribution in [0.2, 0.25) is 0 Å². The lowest BCUT2D eigenvalue weighted by Gasteiger charge is -2.20. The van der Waals surface area contributed by atoms with Gasteiger partial charge in [-0.25, -0.2) is 9.50 Å². The molecule has 0 bridgehead atoms. The van der Waals surface area contributed by atoms with Crippen molar-refractivity contribution in [3.05, 3.63) is 33.9 Å². The number of nitrogens with two attached hydrogens (primary N) is 1. The summed E-state index contributed by atoms with van der Waals surface area (Å²) in [6, 6.07) is 3.58. The van der Waals surface area contributed by atoms with Crippen LogP contribution in [0.4, 0.5) is 0 Å². The van der Waals surface area contributed by atoms with E-state index in [1.54, 1.807) is 6.07 Å². The zero-order chi connectivity index (χ0) is 13.9. The normalized spacial score (nSPS) is 16.9. The number of hydrogen-bond donors (Lipinski definition) is 2. The molecule has 1 fully saturated rings. The van der Waals surface area contributed by atoms with Crippen LogP contribution in [-0.4, -0.2) is 34.4 Å². The van der Waals surface area contributed by atoms with Crippen LogP contribution in [0.3, 0.4) is 0 Å². The molecule has 20 heavy (non-hydrogen) atoms. The summed E-state index contributed by atoms with van der Waals surface area (Å²) < 4.78 is 6.90. The number of aromatic amines is 1. The van der Waals surface area contributed by atoms with Crippen molar-refractivity contribution in [3.63, 3.8) is 0 Å². The minimum Gasteiger partial charge on any atom is -0.381 e. The van der Waals surface area contributed by atoms with Gasteiger partial charge in [0, 0.05) is 42.7 Å². The number of nitrogens with one attached hydrogen (secondary N) is 1. The minimum atomic E-state index is -0.0552. The van der Waals surface area contributed by atoms with Gasteiger partial charge >= 0.3 is 0 Å². The Bertz CT molecular complexity index is 640. The van der Waals surface area contributed by atoms with Gasteiger partial charge in [0.1, 0.15) is 0 Å². The fraction of sp³-hybridized carbons (Fsp3) is 0.571. The van der Waals surface area contributed by atoms with E-state index in [1.165, 1.54) is 4.52 Å². The molecule has 2 aromatic heterocycles. The van der Waals surface area contributed by atoms with Gasteiger partial charge in [0.2, 0.25) is 0 Å². The monoisotopic (exact) mass is 276 g/mol. The van der Waals surface area contributed by atoms with E-state index in [4.69, 9.17) is 10.5 Å². The summed E-state index contributed by atoms with van der Waals surface area (Å²) in [6.07, 6.45) is 3.57. The number of hydrogen-bond acceptors (Lipinski definition) is 4. The summed E-state index contributed by atoms with van der Waals surface area (Å²) in [5.74, 6) is 0.428. The summed E-state index contributed by atoms with van der Waals surface area (Å²) in [7, 11) is 0. The standard InChI is InChI=1S/C14H20N4O2/c15-5-1-2-11-8-14(19)18-13(16-11)9-12(17-18)10-3-6-20-7-4-10/h8-10,17H,1-7,15H2. The Morgan fingerprint density at radius 1 is 1.40 bits per heavy atom. The molecule has 0 saturated carbocycles. The van der Waals surface area contributed by atoms with E-state index < -0.39 is 0 Å². The molecule has 0 amide bonds. The number of H-pyrrole nitrogens is 1. The average molecular weight is 276 g/mol. The van der Waals surface area contributed by atoms with Gasteiger partial charge < -0.3 is 10.5 Å². The van der Waals surface area contributed by atoms with Crippen molar-refractivity contribution < 1.29 is 4.74 Å². The Morgan fingerprint density at radius 2 is 2.20 bits per heavy atom. The molecule has 1 aliphatic rings. The van der Waals surface area contributed by atoms with Gasteiger partial charge in [0.05, 0.1) is 0 Å². The number of aromatic nitrogens is 3. The van der Waals surface area contributed by atoms with Crippen molar-refractivity contribution in [1.82, 2.24) is 14.6 Å². The second kappa shape index (κ2) is 5.76. The fourth-order valence-electron chi connectivity index (χ4n) is 2.69. The SMILES string of the molecule is NCCCc1cc(=O)n2[nH]c(C3CCOCC3)cc2n1. The van der Waals surface area contributed by atoms with Gasteiger partial charge in [-0.3, -0.25) is 9.89 Å². The van der Waals surface area contributed by atoms with Crippen LogP contribution >= 0.6 is 0 Å². The van der Waals surface area contributed by atoms with Crippen LogP contribution in [-0.2, 0) is 11.2 Å². The third kappa shape index (κ3) is 2.62. The molecule has 0 unspecified atom stereocenters. The van der Waals surface area contributed by atoms with E-state index in [9.17, 15) is 4.79 Å². The Balaban J connectivity index is 1.93. The maximum atomic E-state index is 12.1. The topological polar surface area (TPSA) is 85.4 Å². The summed E-state index contributed by atoms with van der Waals surface area (Å²) >= 11 is 0. The minimum absolute atomic E-state index is 0.0552. The molecule has 108 valence electrons. The predicted molar refractivity (Wildman–Crippen MR) is 76.0 cm³/mol. The zero-order valence-electron chi connectivity index (χ0n) is 11.5. The molecule has 1 aliphatic heterocycles. The molecule has 0 radical (unpaired) electrons. The van der Waals surface area contributed by atoms with E-state index in [-0.39, 0.29) is 5.56 Å². The molecule has 0 spiro atoms. The number of rotatable bonds is 4. The summed E-state index contributed by atoms with van der Waals surface area (Å²) in [4.78, 5) is 16.6. The van der Waals surface area contributed by atoms with Gasteiger partial charge in [-0.05, 0) is 32.2 Å². The predicted octanol–water partition coefficient (Wildman–Crippen LogP) is 0.808. The first-order valence-electron chi connectivity index (χ1n) is 7.17. The third-order valence-electron chi connectivity index (χ3n) is 3.82. The Labute approximate surface area is 116 Å². The van der Waals surface area contributed by atoms with Crippen molar-refractivity contribution >= 4 is 5.65 Å². The Morgan fingerprint density at radius 3 is 2.95 bits per heavy atom. The lowest BCUT2D eigenvalue weighted by atomic mass is 9.97. The maximum absolute atomic E-state index is 12.1. The first kappa shape index (κ1) is 13.3. The number of fused-ring (bicyclic) bond motifs is 1. The van der Waals surface area contributed by atoms with Crippen LogP contribution in [0, 0.1) is 0 Å². The van der Waals surface area contributed by atoms with Crippen LogP contribution < -0.4 is 11.3 Å². The van der Waals surface area contributed by atoms with Crippen molar-refractivity contribution in [2.24, 2.45) is 5.73 Å². The number of aryl methyl sites for hydroxylation is 1. The average Bonchev–Trinajstić information content (AvgIpc) is 2.91. The Kier molecular flexibility index (Phi) is 3.84. The molecular weight excluding hydrogens is 256 g/mol. The lowest BCUT2D eigenvalue weighted by molar-refractivity contribution is 0.0844. The van der Waals surface area contributed by atoms with Gasteiger partial charge in [0.25, 0.3) is 5.56 Å². The van der Waals surface area contributed by atoms with Gasteiger partial charge in [0.15, 0.2) is 5.65 Å². The van der Waals surface area contributed by atoms with Crippen molar-refractivity contribution in [3.8, 4) is 0 Å². The highest BCUT2D eigenvalue weighted by molar-refractivity contribution is 5.40. The fourth-order valence-corrected chi connectivity index (χ4v) is 2.69. The van der Waals surface area contributed by atoms with Crippen molar-refractivity contribution in [2.45, 2.75) is 31.6 Å². The molecule has 6 nitrogen and oxygen atoms in total. The zero-order valence-corrected chi connectivity index (χ0v) is 11.5. The smallest absolute Gasteiger partial charge is 0.272 e. The van der Waals surface area contributed by atoms with E-state index in [0.29, 0.717) is 18.1 Å². The summed E-state index contributed by atoms with van der Waals surface area (Å²) in [5.41, 5.74) is 8.04. The first-order chi connectivity index (χ1) is 9.78. The van der Waals surface area contributed by atoms with E-state index in [2.05, 4.69) is 10.1 Å². The van der Waals surface area contributed by atoms with Gasteiger partial charge in [-0.1, -0.05) is 0 Å². The van der Waals surface area contributed by atoms with Crippen LogP contribution in [0.15, 0.2) is 16.9 Å². The lowest BCUT2D eigenvalue weighted by Crippen LogP contribution is -2.17. The van der Waals surface area contributed by atoms with Crippen molar-refractivity contribution in [1.29, 1.82) is 0 Å². The molecule has 1 saturated heterocycles. The largest absolute Gasteiger partial charge is 0.381 e. The van der Waals surface area contributed by atoms with Crippen LogP contribution in [0.1, 0.15) is 36.6 Å². The van der Waals surface area contributed by atoms with Gasteiger partial charge in [-0.15, -0.1) is 0 Å². The van der Waals surface area contributed by atoms with Crippen LogP contribution in [0.5, 0.6) is 0 Å². The number of ether oxygens (including phenoxy) is 1. The summed E-state index contributed by atoms with van der Waals surface area (Å²) in [5, 5.41) is 3.18. The highest BCUT2D eigenvalue weighted by atomic mass is 16.5. The third-order valence-corrected chi connectivity index (χ3v) is 3.82. The van der Waals surface area contributed by atoms with Gasteiger partial charge in [-0.2, -0.15) is 0 Å². The van der Waals surface area contributed by atoms with Crippen LogP contribution in [0.25, 0.3) is 5.65 Å². The molecule has 6 heteroatoms. The van der Waals surface area contributed by atoms with E-state index in [0.717, 1.165) is 50.3 Å². The molecule has 3 heterocycles. The molecule has 0 aliphatic carbocycles. The molecule has 0 atom stereocenters. The van der Waals surface area contributed by atoms with E-state index in [1.807, 2.05) is 6.07 Å². The highest BCUT2D eigenvalue weighted by Crippen LogP contribution is 2.25. The molecule has 3 rings (SSSR count). The van der Waals surface area contributed by atoms with E-state index >= 15 is 0 Å². The number of nitrogens with zero attached hydrogens (tertiary/aromatic N) is 2. The molecule has 0 aromatic carbocycles. The molecule has 3 N–H and O–H groups in total. The van der Waals surface area contributed by atoms with Crippen molar-refractivity contribution in [2.75, 3.05) is 19.8 Å². The molecule has 2 aromatic rings. The maximum Gasteiger partial charge on any atom is 0.272 e. The quantitative estimate of drug-likeness (QED) is 0.865. The second-order valence-corrected chi connectivity index (χ2v) is 5.27. The summed E-state index contributed by atoms with van der Waals surface area (Å²) in [6.45, 7) is 2.18. The second-order valence-electron chi connectivity index (χ2n) is 5.27. The first-order valence-corrected chi connectivity index (χ1v) is 7.17. The molecular formula is C14H20N4O2.